The van der Waals surface area contributed by atoms with Gasteiger partial charge in [0, 0.05) is 10.5 Å². The second-order valence-corrected chi connectivity index (χ2v) is 6.41. The van der Waals surface area contributed by atoms with Crippen molar-refractivity contribution in [2.45, 2.75) is 31.1 Å². The van der Waals surface area contributed by atoms with Gasteiger partial charge < -0.3 is 0 Å². The van der Waals surface area contributed by atoms with E-state index < -0.39 is 0 Å². The molecule has 0 radical (unpaired) electrons. The van der Waals surface area contributed by atoms with E-state index in [4.69, 9.17) is 0 Å². The SMILES string of the molecule is Cc1ccc(C(=O)CSc2ccc3c(c2)CCC3)cc1. The summed E-state index contributed by atoms with van der Waals surface area (Å²) in [6.07, 6.45) is 3.67. The Morgan fingerprint density at radius 1 is 1.05 bits per heavy atom. The Balaban J connectivity index is 1.64. The smallest absolute Gasteiger partial charge is 0.173 e. The van der Waals surface area contributed by atoms with Crippen molar-refractivity contribution in [3.05, 3.63) is 64.7 Å². The molecule has 0 aromatic heterocycles. The van der Waals surface area contributed by atoms with Crippen LogP contribution in [0.2, 0.25) is 0 Å². The van der Waals surface area contributed by atoms with E-state index in [1.165, 1.54) is 40.8 Å². The van der Waals surface area contributed by atoms with Crippen molar-refractivity contribution >= 4 is 17.5 Å². The van der Waals surface area contributed by atoms with Crippen LogP contribution < -0.4 is 0 Å². The molecule has 0 bridgehead atoms. The van der Waals surface area contributed by atoms with E-state index in [2.05, 4.69) is 18.2 Å². The van der Waals surface area contributed by atoms with Gasteiger partial charge in [0.05, 0.1) is 5.75 Å². The Morgan fingerprint density at radius 3 is 2.60 bits per heavy atom. The summed E-state index contributed by atoms with van der Waals surface area (Å²) < 4.78 is 0. The standard InChI is InChI=1S/C18H18OS/c1-13-5-7-15(8-6-13)18(19)12-20-17-10-9-14-3-2-4-16(14)11-17/h5-11H,2-4,12H2,1H3. The summed E-state index contributed by atoms with van der Waals surface area (Å²) in [4.78, 5) is 13.4. The highest BCUT2D eigenvalue weighted by molar-refractivity contribution is 8.00. The molecule has 2 heteroatoms. The highest BCUT2D eigenvalue weighted by atomic mass is 32.2. The molecule has 0 N–H and O–H groups in total. The first-order valence-electron chi connectivity index (χ1n) is 7.07. The maximum atomic E-state index is 12.1. The Bertz CT molecular complexity index is 628. The summed E-state index contributed by atoms with van der Waals surface area (Å²) in [5, 5.41) is 0. The molecule has 0 amide bonds. The second kappa shape index (κ2) is 5.84. The molecule has 0 aliphatic heterocycles. The van der Waals surface area contributed by atoms with Crippen molar-refractivity contribution in [2.75, 3.05) is 5.75 Å². The number of rotatable bonds is 4. The normalized spacial score (nSPS) is 13.2. The fourth-order valence-corrected chi connectivity index (χ4v) is 3.46. The molecule has 1 aliphatic carbocycles. The molecular formula is C18H18OS. The highest BCUT2D eigenvalue weighted by Gasteiger charge is 2.12. The minimum atomic E-state index is 0.204. The van der Waals surface area contributed by atoms with E-state index in [1.807, 2.05) is 31.2 Å². The fraction of sp³-hybridized carbons (Fsp3) is 0.278. The highest BCUT2D eigenvalue weighted by Crippen LogP contribution is 2.27. The quantitative estimate of drug-likeness (QED) is 0.608. The van der Waals surface area contributed by atoms with Gasteiger partial charge in [-0.25, -0.2) is 0 Å². The van der Waals surface area contributed by atoms with E-state index in [1.54, 1.807) is 11.8 Å². The Morgan fingerprint density at radius 2 is 1.80 bits per heavy atom. The summed E-state index contributed by atoms with van der Waals surface area (Å²) in [6, 6.07) is 14.5. The van der Waals surface area contributed by atoms with Gasteiger partial charge in [0.1, 0.15) is 0 Å². The molecular weight excluding hydrogens is 264 g/mol. The minimum absolute atomic E-state index is 0.204. The van der Waals surface area contributed by atoms with Gasteiger partial charge in [-0.1, -0.05) is 35.9 Å². The van der Waals surface area contributed by atoms with Gasteiger partial charge in [0.15, 0.2) is 5.78 Å². The van der Waals surface area contributed by atoms with E-state index >= 15 is 0 Å². The van der Waals surface area contributed by atoms with Crippen LogP contribution in [-0.4, -0.2) is 11.5 Å². The molecule has 0 unspecified atom stereocenters. The predicted octanol–water partition coefficient (Wildman–Crippen LogP) is 4.46. The zero-order chi connectivity index (χ0) is 13.9. The first-order chi connectivity index (χ1) is 9.72. The van der Waals surface area contributed by atoms with Crippen LogP contribution in [0.1, 0.15) is 33.5 Å². The Kier molecular flexibility index (Phi) is 3.93. The van der Waals surface area contributed by atoms with E-state index in [0.29, 0.717) is 5.75 Å². The largest absolute Gasteiger partial charge is 0.293 e. The van der Waals surface area contributed by atoms with Crippen LogP contribution >= 0.6 is 11.8 Å². The van der Waals surface area contributed by atoms with Crippen LogP contribution in [-0.2, 0) is 12.8 Å². The lowest BCUT2D eigenvalue weighted by Crippen LogP contribution is -2.02. The third kappa shape index (κ3) is 2.96. The lowest BCUT2D eigenvalue weighted by Gasteiger charge is -2.05. The van der Waals surface area contributed by atoms with Gasteiger partial charge in [-0.05, 0) is 49.4 Å². The average Bonchev–Trinajstić information content (AvgIpc) is 2.93. The number of fused-ring (bicyclic) bond motifs is 1. The lowest BCUT2D eigenvalue weighted by atomic mass is 10.1. The molecule has 102 valence electrons. The summed E-state index contributed by atoms with van der Waals surface area (Å²) >= 11 is 1.64. The zero-order valence-electron chi connectivity index (χ0n) is 11.7. The molecule has 2 aromatic carbocycles. The number of aryl methyl sites for hydroxylation is 3. The minimum Gasteiger partial charge on any atom is -0.293 e. The molecule has 2 aromatic rings. The van der Waals surface area contributed by atoms with Crippen molar-refractivity contribution in [1.82, 2.24) is 0 Å². The molecule has 0 saturated heterocycles. The molecule has 1 aliphatic rings. The number of carbonyl (C=O) groups is 1. The average molecular weight is 282 g/mol. The number of carbonyl (C=O) groups excluding carboxylic acids is 1. The van der Waals surface area contributed by atoms with Crippen LogP contribution in [0, 0.1) is 6.92 Å². The first kappa shape index (κ1) is 13.4. The van der Waals surface area contributed by atoms with Crippen molar-refractivity contribution in [3.63, 3.8) is 0 Å². The van der Waals surface area contributed by atoms with E-state index in [9.17, 15) is 4.79 Å². The van der Waals surface area contributed by atoms with Crippen LogP contribution in [0.5, 0.6) is 0 Å². The van der Waals surface area contributed by atoms with Crippen molar-refractivity contribution < 1.29 is 4.79 Å². The van der Waals surface area contributed by atoms with E-state index in [0.717, 1.165) is 5.56 Å². The third-order valence-electron chi connectivity index (χ3n) is 3.81. The van der Waals surface area contributed by atoms with Crippen LogP contribution in [0.25, 0.3) is 0 Å². The number of thioether (sulfide) groups is 1. The summed E-state index contributed by atoms with van der Waals surface area (Å²) in [7, 11) is 0. The van der Waals surface area contributed by atoms with E-state index in [-0.39, 0.29) is 5.78 Å². The van der Waals surface area contributed by atoms with Crippen molar-refractivity contribution in [2.24, 2.45) is 0 Å². The van der Waals surface area contributed by atoms with Gasteiger partial charge in [-0.3, -0.25) is 4.79 Å². The Hall–Kier alpha value is -1.54. The molecule has 1 nitrogen and oxygen atoms in total. The number of benzene rings is 2. The maximum Gasteiger partial charge on any atom is 0.173 e. The summed E-state index contributed by atoms with van der Waals surface area (Å²) in [6.45, 7) is 2.04. The molecule has 0 spiro atoms. The molecule has 0 atom stereocenters. The van der Waals surface area contributed by atoms with Gasteiger partial charge in [0.2, 0.25) is 0 Å². The van der Waals surface area contributed by atoms with Gasteiger partial charge in [-0.2, -0.15) is 0 Å². The van der Waals surface area contributed by atoms with Gasteiger partial charge in [-0.15, -0.1) is 11.8 Å². The molecule has 20 heavy (non-hydrogen) atoms. The van der Waals surface area contributed by atoms with Crippen LogP contribution in [0.15, 0.2) is 47.4 Å². The summed E-state index contributed by atoms with van der Waals surface area (Å²) in [5.74, 6) is 0.720. The predicted molar refractivity (Wildman–Crippen MR) is 84.7 cm³/mol. The topological polar surface area (TPSA) is 17.1 Å². The van der Waals surface area contributed by atoms with Crippen molar-refractivity contribution in [3.8, 4) is 0 Å². The van der Waals surface area contributed by atoms with Gasteiger partial charge in [0.25, 0.3) is 0 Å². The maximum absolute atomic E-state index is 12.1. The monoisotopic (exact) mass is 282 g/mol. The second-order valence-electron chi connectivity index (χ2n) is 5.36. The molecule has 0 saturated carbocycles. The number of hydrogen-bond donors (Lipinski definition) is 0. The molecule has 3 rings (SSSR count). The zero-order valence-corrected chi connectivity index (χ0v) is 12.5. The van der Waals surface area contributed by atoms with Crippen molar-refractivity contribution in [1.29, 1.82) is 0 Å². The van der Waals surface area contributed by atoms with Gasteiger partial charge >= 0.3 is 0 Å². The fourth-order valence-electron chi connectivity index (χ4n) is 2.61. The van der Waals surface area contributed by atoms with Crippen LogP contribution in [0.4, 0.5) is 0 Å². The molecule has 0 fully saturated rings. The molecule has 0 heterocycles. The van der Waals surface area contributed by atoms with Crippen LogP contribution in [0.3, 0.4) is 0 Å². The number of ketones is 1. The number of hydrogen-bond acceptors (Lipinski definition) is 2. The lowest BCUT2D eigenvalue weighted by molar-refractivity contribution is 0.102. The number of Topliss-reactive ketones (excluding diaryl/α,β-unsaturated/α-hetero) is 1. The third-order valence-corrected chi connectivity index (χ3v) is 4.81. The first-order valence-corrected chi connectivity index (χ1v) is 8.05. The Labute approximate surface area is 124 Å². The summed E-state index contributed by atoms with van der Waals surface area (Å²) in [5.41, 5.74) is 4.95.